The van der Waals surface area contributed by atoms with Gasteiger partial charge in [0.25, 0.3) is 0 Å². The number of hydrogen-bond donors (Lipinski definition) is 0. The van der Waals surface area contributed by atoms with Crippen LogP contribution in [0.25, 0.3) is 0 Å². The van der Waals surface area contributed by atoms with Gasteiger partial charge in [-0.3, -0.25) is 4.79 Å². The summed E-state index contributed by atoms with van der Waals surface area (Å²) >= 11 is 3.61. The number of allylic oxidation sites excluding steroid dienone is 2. The molecule has 1 aliphatic carbocycles. The lowest BCUT2D eigenvalue weighted by Crippen LogP contribution is -2.12. The summed E-state index contributed by atoms with van der Waals surface area (Å²) in [5.41, 5.74) is 4.75. The zero-order chi connectivity index (χ0) is 12.4. The van der Waals surface area contributed by atoms with Crippen LogP contribution in [0.1, 0.15) is 37.3 Å². The van der Waals surface area contributed by atoms with E-state index in [2.05, 4.69) is 48.0 Å². The third-order valence-electron chi connectivity index (χ3n) is 3.45. The molecule has 1 aromatic carbocycles. The summed E-state index contributed by atoms with van der Waals surface area (Å²) in [6.07, 6.45) is 3.58. The monoisotopic (exact) mass is 292 g/mol. The van der Waals surface area contributed by atoms with Crippen LogP contribution >= 0.6 is 15.9 Å². The molecule has 90 valence electrons. The fraction of sp³-hybridized carbons (Fsp3) is 0.400. The van der Waals surface area contributed by atoms with E-state index in [1.54, 1.807) is 0 Å². The Morgan fingerprint density at radius 1 is 1.24 bits per heavy atom. The van der Waals surface area contributed by atoms with Gasteiger partial charge in [-0.2, -0.15) is 0 Å². The molecule has 0 unspecified atom stereocenters. The highest BCUT2D eigenvalue weighted by Gasteiger charge is 2.18. The number of rotatable bonds is 2. The van der Waals surface area contributed by atoms with Crippen molar-refractivity contribution in [2.24, 2.45) is 0 Å². The summed E-state index contributed by atoms with van der Waals surface area (Å²) in [6.45, 7) is 4.17. The molecular weight excluding hydrogens is 276 g/mol. The predicted octanol–water partition coefficient (Wildman–Crippen LogP) is 4.37. The van der Waals surface area contributed by atoms with Gasteiger partial charge in [0.2, 0.25) is 0 Å². The molecule has 0 spiro atoms. The van der Waals surface area contributed by atoms with E-state index in [-0.39, 0.29) is 0 Å². The fourth-order valence-electron chi connectivity index (χ4n) is 2.34. The SMILES string of the molecule is CC1=C(Cc2cccc(C)c2Br)C(=O)CCC1. The summed E-state index contributed by atoms with van der Waals surface area (Å²) < 4.78 is 1.14. The number of aryl methyl sites for hydroxylation is 1. The van der Waals surface area contributed by atoms with Gasteiger partial charge in [-0.25, -0.2) is 0 Å². The van der Waals surface area contributed by atoms with Crippen LogP contribution in [0.4, 0.5) is 0 Å². The molecule has 0 fully saturated rings. The smallest absolute Gasteiger partial charge is 0.159 e. The highest BCUT2D eigenvalue weighted by molar-refractivity contribution is 9.10. The van der Waals surface area contributed by atoms with Crippen molar-refractivity contribution in [3.63, 3.8) is 0 Å². The maximum absolute atomic E-state index is 11.9. The maximum Gasteiger partial charge on any atom is 0.159 e. The van der Waals surface area contributed by atoms with E-state index in [1.165, 1.54) is 16.7 Å². The van der Waals surface area contributed by atoms with E-state index in [0.717, 1.165) is 35.7 Å². The van der Waals surface area contributed by atoms with Crippen molar-refractivity contribution in [1.82, 2.24) is 0 Å². The molecule has 0 N–H and O–H groups in total. The Morgan fingerprint density at radius 3 is 2.71 bits per heavy atom. The minimum Gasteiger partial charge on any atom is -0.295 e. The van der Waals surface area contributed by atoms with Crippen LogP contribution < -0.4 is 0 Å². The zero-order valence-electron chi connectivity index (χ0n) is 10.3. The molecule has 2 heteroatoms. The third kappa shape index (κ3) is 2.68. The lowest BCUT2D eigenvalue weighted by atomic mass is 9.87. The second kappa shape index (κ2) is 5.18. The van der Waals surface area contributed by atoms with E-state index in [0.29, 0.717) is 5.78 Å². The molecule has 0 radical (unpaired) electrons. The van der Waals surface area contributed by atoms with Crippen LogP contribution in [-0.4, -0.2) is 5.78 Å². The number of Topliss-reactive ketones (excluding diaryl/α,β-unsaturated/α-hetero) is 1. The van der Waals surface area contributed by atoms with E-state index in [4.69, 9.17) is 0 Å². The lowest BCUT2D eigenvalue weighted by Gasteiger charge is -2.17. The zero-order valence-corrected chi connectivity index (χ0v) is 11.9. The van der Waals surface area contributed by atoms with Gasteiger partial charge in [0.15, 0.2) is 5.78 Å². The summed E-state index contributed by atoms with van der Waals surface area (Å²) in [5.74, 6) is 0.335. The van der Waals surface area contributed by atoms with Gasteiger partial charge in [-0.15, -0.1) is 0 Å². The van der Waals surface area contributed by atoms with Crippen molar-refractivity contribution in [1.29, 1.82) is 0 Å². The summed E-state index contributed by atoms with van der Waals surface area (Å²) in [6, 6.07) is 6.23. The molecule has 0 atom stereocenters. The molecule has 1 nitrogen and oxygen atoms in total. The predicted molar refractivity (Wildman–Crippen MR) is 74.1 cm³/mol. The molecule has 1 aromatic rings. The Bertz CT molecular complexity index is 486. The molecule has 17 heavy (non-hydrogen) atoms. The first-order valence-electron chi connectivity index (χ1n) is 6.05. The van der Waals surface area contributed by atoms with E-state index >= 15 is 0 Å². The number of carbonyl (C=O) groups is 1. The average molecular weight is 293 g/mol. The van der Waals surface area contributed by atoms with Gasteiger partial charge >= 0.3 is 0 Å². The van der Waals surface area contributed by atoms with Gasteiger partial charge in [-0.05, 0) is 43.4 Å². The summed E-state index contributed by atoms with van der Waals surface area (Å²) in [7, 11) is 0. The van der Waals surface area contributed by atoms with Gasteiger partial charge in [0.05, 0.1) is 0 Å². The third-order valence-corrected chi connectivity index (χ3v) is 4.58. The lowest BCUT2D eigenvalue weighted by molar-refractivity contribution is -0.116. The fourth-order valence-corrected chi connectivity index (χ4v) is 2.74. The van der Waals surface area contributed by atoms with Gasteiger partial charge in [0.1, 0.15) is 0 Å². The second-order valence-corrected chi connectivity index (χ2v) is 5.55. The highest BCUT2D eigenvalue weighted by atomic mass is 79.9. The second-order valence-electron chi connectivity index (χ2n) is 4.76. The highest BCUT2D eigenvalue weighted by Crippen LogP contribution is 2.28. The molecule has 0 bridgehead atoms. The molecule has 0 saturated carbocycles. The Hall–Kier alpha value is -0.890. The standard InChI is InChI=1S/C15H17BrO/c1-10-5-4-8-14(17)13(10)9-12-7-3-6-11(2)15(12)16/h3,6-7H,4-5,8-9H2,1-2H3. The molecule has 0 saturated heterocycles. The molecule has 2 rings (SSSR count). The van der Waals surface area contributed by atoms with E-state index < -0.39 is 0 Å². The number of halogens is 1. The minimum absolute atomic E-state index is 0.335. The molecule has 0 aromatic heterocycles. The van der Waals surface area contributed by atoms with Crippen LogP contribution in [0.15, 0.2) is 33.8 Å². The molecular formula is C15H17BrO. The molecule has 1 aliphatic rings. The molecule has 0 aliphatic heterocycles. The van der Waals surface area contributed by atoms with Gasteiger partial charge in [-0.1, -0.05) is 39.7 Å². The summed E-state index contributed by atoms with van der Waals surface area (Å²) in [4.78, 5) is 11.9. The van der Waals surface area contributed by atoms with Crippen molar-refractivity contribution >= 4 is 21.7 Å². The maximum atomic E-state index is 11.9. The van der Waals surface area contributed by atoms with Crippen LogP contribution in [-0.2, 0) is 11.2 Å². The van der Waals surface area contributed by atoms with E-state index in [1.807, 2.05) is 0 Å². The molecule has 0 amide bonds. The Labute approximate surface area is 111 Å². The first kappa shape index (κ1) is 12.6. The Balaban J connectivity index is 2.32. The minimum atomic E-state index is 0.335. The van der Waals surface area contributed by atoms with Crippen LogP contribution in [0.2, 0.25) is 0 Å². The first-order valence-corrected chi connectivity index (χ1v) is 6.84. The van der Waals surface area contributed by atoms with Crippen molar-refractivity contribution in [2.75, 3.05) is 0 Å². The van der Waals surface area contributed by atoms with Crippen LogP contribution in [0.3, 0.4) is 0 Å². The van der Waals surface area contributed by atoms with E-state index in [9.17, 15) is 4.79 Å². The van der Waals surface area contributed by atoms with Crippen molar-refractivity contribution in [3.8, 4) is 0 Å². The van der Waals surface area contributed by atoms with Crippen molar-refractivity contribution < 1.29 is 4.79 Å². The largest absolute Gasteiger partial charge is 0.295 e. The van der Waals surface area contributed by atoms with Gasteiger partial charge < -0.3 is 0 Å². The average Bonchev–Trinajstić information content (AvgIpc) is 2.29. The number of benzene rings is 1. The topological polar surface area (TPSA) is 17.1 Å². The van der Waals surface area contributed by atoms with Crippen molar-refractivity contribution in [2.45, 2.75) is 39.5 Å². The first-order chi connectivity index (χ1) is 8.09. The van der Waals surface area contributed by atoms with Gasteiger partial charge in [0, 0.05) is 17.3 Å². The Kier molecular flexibility index (Phi) is 3.82. The summed E-state index contributed by atoms with van der Waals surface area (Å²) in [5, 5.41) is 0. The van der Waals surface area contributed by atoms with Crippen LogP contribution in [0.5, 0.6) is 0 Å². The van der Waals surface area contributed by atoms with Crippen molar-refractivity contribution in [3.05, 3.63) is 44.9 Å². The number of ketones is 1. The molecule has 0 heterocycles. The number of hydrogen-bond acceptors (Lipinski definition) is 1. The quantitative estimate of drug-likeness (QED) is 0.791. The number of carbonyl (C=O) groups excluding carboxylic acids is 1. The normalized spacial score (nSPS) is 16.5. The Morgan fingerprint density at radius 2 is 2.00 bits per heavy atom. The van der Waals surface area contributed by atoms with Crippen LogP contribution in [0, 0.1) is 6.92 Å².